The van der Waals surface area contributed by atoms with Crippen molar-refractivity contribution in [2.45, 2.75) is 58.5 Å². The van der Waals surface area contributed by atoms with Crippen LogP contribution in [-0.4, -0.2) is 40.5 Å². The van der Waals surface area contributed by atoms with E-state index in [4.69, 9.17) is 14.2 Å². The lowest BCUT2D eigenvalue weighted by Crippen LogP contribution is -2.36. The van der Waals surface area contributed by atoms with E-state index in [1.807, 2.05) is 13.8 Å². The summed E-state index contributed by atoms with van der Waals surface area (Å²) in [6.45, 7) is 13.2. The smallest absolute Gasteiger partial charge is 0.333 e. The minimum atomic E-state index is -1.13. The Morgan fingerprint density at radius 1 is 1.15 bits per heavy atom. The first-order chi connectivity index (χ1) is 9.56. The summed E-state index contributed by atoms with van der Waals surface area (Å²) in [7, 11) is -1.13. The number of carbonyl (C=O) groups excluding carboxylic acids is 1. The van der Waals surface area contributed by atoms with Crippen molar-refractivity contribution in [2.24, 2.45) is 0 Å². The first-order valence-electron chi connectivity index (χ1n) is 7.62. The molecule has 0 radical (unpaired) electrons. The molecule has 0 heterocycles. The fourth-order valence-corrected chi connectivity index (χ4v) is 5.26. The molecule has 0 aliphatic carbocycles. The molecule has 4 nitrogen and oxygen atoms in total. The second kappa shape index (κ2) is 12.1. The van der Waals surface area contributed by atoms with E-state index in [1.165, 1.54) is 6.04 Å². The van der Waals surface area contributed by atoms with Gasteiger partial charge in [-0.25, -0.2) is 4.79 Å². The normalized spacial score (nSPS) is 12.4. The minimum absolute atomic E-state index is 0.0122. The van der Waals surface area contributed by atoms with Crippen LogP contribution in [0.25, 0.3) is 0 Å². The summed E-state index contributed by atoms with van der Waals surface area (Å²) in [6, 6.07) is 2.26. The molecule has 0 N–H and O–H groups in total. The summed E-state index contributed by atoms with van der Waals surface area (Å²) in [6.07, 6.45) is 2.03. The molecule has 1 unspecified atom stereocenters. The van der Waals surface area contributed by atoms with Gasteiger partial charge >= 0.3 is 5.97 Å². The van der Waals surface area contributed by atoms with Gasteiger partial charge in [0, 0.05) is 18.8 Å². The highest BCUT2D eigenvalue weighted by molar-refractivity contribution is 6.59. The Kier molecular flexibility index (Phi) is 11.7. The number of carbonyl (C=O) groups is 1. The molecule has 0 rings (SSSR count). The van der Waals surface area contributed by atoms with Gasteiger partial charge in [-0.05, 0) is 27.2 Å². The maximum absolute atomic E-state index is 11.3. The molecule has 0 aliphatic rings. The molecule has 5 heteroatoms. The van der Waals surface area contributed by atoms with Crippen LogP contribution in [0, 0.1) is 0 Å². The van der Waals surface area contributed by atoms with Gasteiger partial charge in [0.2, 0.25) is 0 Å². The van der Waals surface area contributed by atoms with Gasteiger partial charge in [-0.15, -0.1) is 0 Å². The van der Waals surface area contributed by atoms with Gasteiger partial charge < -0.3 is 14.2 Å². The largest absolute Gasteiger partial charge is 0.462 e. The van der Waals surface area contributed by atoms with Crippen molar-refractivity contribution in [3.05, 3.63) is 12.2 Å². The Labute approximate surface area is 125 Å². The van der Waals surface area contributed by atoms with E-state index in [1.54, 1.807) is 6.92 Å². The molecule has 0 aromatic heterocycles. The molecule has 20 heavy (non-hydrogen) atoms. The average molecular weight is 302 g/mol. The predicted molar refractivity (Wildman–Crippen MR) is 84.5 cm³/mol. The van der Waals surface area contributed by atoms with E-state index in [-0.39, 0.29) is 11.9 Å². The van der Waals surface area contributed by atoms with Crippen LogP contribution in [0.15, 0.2) is 12.2 Å². The van der Waals surface area contributed by atoms with Crippen molar-refractivity contribution >= 4 is 14.8 Å². The highest BCUT2D eigenvalue weighted by atomic mass is 28.3. The summed E-state index contributed by atoms with van der Waals surface area (Å²) < 4.78 is 16.6. The average Bonchev–Trinajstić information content (AvgIpc) is 2.41. The highest BCUT2D eigenvalue weighted by Gasteiger charge is 2.23. The van der Waals surface area contributed by atoms with Gasteiger partial charge in [-0.1, -0.05) is 32.0 Å². The van der Waals surface area contributed by atoms with Gasteiger partial charge in [0.15, 0.2) is 0 Å². The first-order valence-corrected chi connectivity index (χ1v) is 9.92. The highest BCUT2D eigenvalue weighted by Crippen LogP contribution is 2.15. The second-order valence-corrected chi connectivity index (χ2v) is 8.11. The summed E-state index contributed by atoms with van der Waals surface area (Å²) in [5, 5.41) is 0. The number of esters is 1. The lowest BCUT2D eigenvalue weighted by molar-refractivity contribution is -0.138. The van der Waals surface area contributed by atoms with E-state index in [9.17, 15) is 4.79 Å². The first kappa shape index (κ1) is 19.3. The topological polar surface area (TPSA) is 44.8 Å². The predicted octanol–water partition coefficient (Wildman–Crippen LogP) is 3.07. The van der Waals surface area contributed by atoms with Crippen molar-refractivity contribution in [2.75, 3.05) is 19.8 Å². The second-order valence-electron chi connectivity index (χ2n) is 4.89. The molecule has 0 aliphatic heterocycles. The summed E-state index contributed by atoms with van der Waals surface area (Å²) >= 11 is 0. The molecule has 0 amide bonds. The van der Waals surface area contributed by atoms with Crippen LogP contribution in [0.2, 0.25) is 12.1 Å². The van der Waals surface area contributed by atoms with Crippen LogP contribution in [0.3, 0.4) is 0 Å². The Morgan fingerprint density at radius 2 is 1.75 bits per heavy atom. The Bertz CT molecular complexity index is 275. The Hall–Kier alpha value is -0.653. The van der Waals surface area contributed by atoms with Gasteiger partial charge in [0.05, 0.1) is 6.61 Å². The minimum Gasteiger partial charge on any atom is -0.462 e. The Balaban J connectivity index is 4.17. The molecule has 0 fully saturated rings. The molecular formula is C15H30O4Si. The lowest BCUT2D eigenvalue weighted by Gasteiger charge is -2.25. The summed E-state index contributed by atoms with van der Waals surface area (Å²) in [5.74, 6) is -0.313. The quantitative estimate of drug-likeness (QED) is 0.183. The van der Waals surface area contributed by atoms with Gasteiger partial charge in [-0.2, -0.15) is 0 Å². The van der Waals surface area contributed by atoms with Crippen LogP contribution in [0.1, 0.15) is 40.5 Å². The zero-order valence-electron chi connectivity index (χ0n) is 13.4. The van der Waals surface area contributed by atoms with E-state index < -0.39 is 8.80 Å². The zero-order chi connectivity index (χ0) is 15.4. The van der Waals surface area contributed by atoms with Crippen LogP contribution in [-0.2, 0) is 19.0 Å². The monoisotopic (exact) mass is 302 g/mol. The molecule has 0 aromatic carbocycles. The zero-order valence-corrected chi connectivity index (χ0v) is 14.6. The van der Waals surface area contributed by atoms with Crippen LogP contribution < -0.4 is 0 Å². The standard InChI is InChI=1S/C15H30O4Si/c1-6-11-20(15(17-7-2)18-8-3)12-9-10-19-14(16)13(4)5/h15,20H,4,6-12H2,1-3,5H3. The molecule has 1 atom stereocenters. The number of hydrogen-bond donors (Lipinski definition) is 0. The molecule has 0 bridgehead atoms. The third-order valence-corrected chi connectivity index (χ3v) is 6.63. The third-order valence-electron chi connectivity index (χ3n) is 3.01. The van der Waals surface area contributed by atoms with Gasteiger partial charge in [0.1, 0.15) is 14.7 Å². The summed E-state index contributed by atoms with van der Waals surface area (Å²) in [4.78, 5) is 11.3. The van der Waals surface area contributed by atoms with Crippen molar-refractivity contribution < 1.29 is 19.0 Å². The fourth-order valence-electron chi connectivity index (χ4n) is 2.07. The number of hydrogen-bond acceptors (Lipinski definition) is 4. The molecule has 0 saturated carbocycles. The fraction of sp³-hybridized carbons (Fsp3) is 0.800. The number of rotatable bonds is 12. The van der Waals surface area contributed by atoms with Crippen molar-refractivity contribution in [3.63, 3.8) is 0 Å². The third kappa shape index (κ3) is 8.50. The van der Waals surface area contributed by atoms with Crippen LogP contribution >= 0.6 is 0 Å². The van der Waals surface area contributed by atoms with Crippen molar-refractivity contribution in [1.29, 1.82) is 0 Å². The molecule has 0 saturated heterocycles. The van der Waals surface area contributed by atoms with Crippen LogP contribution in [0.5, 0.6) is 0 Å². The molecule has 0 spiro atoms. The molecular weight excluding hydrogens is 272 g/mol. The van der Waals surface area contributed by atoms with E-state index in [0.29, 0.717) is 25.4 Å². The van der Waals surface area contributed by atoms with E-state index in [0.717, 1.165) is 18.9 Å². The van der Waals surface area contributed by atoms with Gasteiger partial charge in [-0.3, -0.25) is 0 Å². The van der Waals surface area contributed by atoms with Gasteiger partial charge in [0.25, 0.3) is 0 Å². The van der Waals surface area contributed by atoms with E-state index >= 15 is 0 Å². The van der Waals surface area contributed by atoms with Crippen molar-refractivity contribution in [3.8, 4) is 0 Å². The Morgan fingerprint density at radius 3 is 2.20 bits per heavy atom. The summed E-state index contributed by atoms with van der Waals surface area (Å²) in [5.41, 5.74) is 0.453. The maximum Gasteiger partial charge on any atom is 0.333 e. The number of ether oxygens (including phenoxy) is 3. The molecule has 0 aromatic rings. The lowest BCUT2D eigenvalue weighted by atomic mass is 10.4. The SMILES string of the molecule is C=C(C)C(=O)OCCC[SiH](CCC)C(OCC)OCC. The molecule has 118 valence electrons. The van der Waals surface area contributed by atoms with Crippen molar-refractivity contribution in [1.82, 2.24) is 0 Å². The van der Waals surface area contributed by atoms with Crippen LogP contribution in [0.4, 0.5) is 0 Å². The maximum atomic E-state index is 11.3. The van der Waals surface area contributed by atoms with E-state index in [2.05, 4.69) is 13.5 Å².